The summed E-state index contributed by atoms with van der Waals surface area (Å²) >= 11 is 1.75. The summed E-state index contributed by atoms with van der Waals surface area (Å²) < 4.78 is 3.56. The Balaban J connectivity index is 1.66. The highest BCUT2D eigenvalue weighted by molar-refractivity contribution is 7.96. The van der Waals surface area contributed by atoms with Gasteiger partial charge in [0, 0.05) is 12.1 Å². The molecule has 0 bridgehead atoms. The van der Waals surface area contributed by atoms with Crippen LogP contribution in [-0.4, -0.2) is 24.9 Å². The molecule has 0 aromatic heterocycles. The van der Waals surface area contributed by atoms with Gasteiger partial charge in [0.1, 0.15) is 0 Å². The van der Waals surface area contributed by atoms with Crippen LogP contribution in [0.3, 0.4) is 0 Å². The van der Waals surface area contributed by atoms with E-state index in [0.717, 1.165) is 12.3 Å². The van der Waals surface area contributed by atoms with Crippen molar-refractivity contribution >= 4 is 11.9 Å². The van der Waals surface area contributed by atoms with Crippen molar-refractivity contribution in [1.82, 2.24) is 10.0 Å². The van der Waals surface area contributed by atoms with Crippen molar-refractivity contribution in [1.29, 1.82) is 0 Å². The van der Waals surface area contributed by atoms with E-state index in [1.54, 1.807) is 17.5 Å². The molecule has 1 aliphatic heterocycles. The van der Waals surface area contributed by atoms with Crippen LogP contribution in [-0.2, 0) is 6.42 Å². The molecular weight excluding hydrogens is 252 g/mol. The maximum atomic E-state index is 3.69. The molecule has 2 atom stereocenters. The van der Waals surface area contributed by atoms with Crippen LogP contribution in [0.25, 0.3) is 0 Å². The molecule has 2 aliphatic rings. The van der Waals surface area contributed by atoms with E-state index >= 15 is 0 Å². The smallest absolute Gasteiger partial charge is 0.0329 e. The standard InChI is InChI=1S/C16H24N2S/c1-19-18-15-6-3-9-17-16(15)11-12-4-2-5-14(10-12)13-7-8-13/h2,4-5,10,13,15-18H,3,6-9,11H2,1H3. The molecule has 2 unspecified atom stereocenters. The van der Waals surface area contributed by atoms with Crippen molar-refractivity contribution in [2.24, 2.45) is 0 Å². The van der Waals surface area contributed by atoms with E-state index in [2.05, 4.69) is 40.6 Å². The zero-order valence-corrected chi connectivity index (χ0v) is 12.5. The van der Waals surface area contributed by atoms with E-state index in [1.807, 2.05) is 0 Å². The third-order valence-electron chi connectivity index (χ3n) is 4.31. The van der Waals surface area contributed by atoms with Gasteiger partial charge in [-0.25, -0.2) is 0 Å². The fourth-order valence-electron chi connectivity index (χ4n) is 3.10. The number of piperidine rings is 1. The van der Waals surface area contributed by atoms with Gasteiger partial charge in [-0.1, -0.05) is 36.2 Å². The first-order valence-corrected chi connectivity index (χ1v) is 8.70. The van der Waals surface area contributed by atoms with Crippen molar-refractivity contribution in [3.63, 3.8) is 0 Å². The minimum atomic E-state index is 0.579. The summed E-state index contributed by atoms with van der Waals surface area (Å²) in [4.78, 5) is 0. The molecular formula is C16H24N2S. The van der Waals surface area contributed by atoms with Gasteiger partial charge in [0.2, 0.25) is 0 Å². The van der Waals surface area contributed by atoms with Crippen molar-refractivity contribution in [3.8, 4) is 0 Å². The lowest BCUT2D eigenvalue weighted by molar-refractivity contribution is 0.335. The molecule has 2 N–H and O–H groups in total. The molecule has 3 rings (SSSR count). The quantitative estimate of drug-likeness (QED) is 0.808. The van der Waals surface area contributed by atoms with Crippen LogP contribution in [0.1, 0.15) is 42.7 Å². The minimum absolute atomic E-state index is 0.579. The highest BCUT2D eigenvalue weighted by Crippen LogP contribution is 2.40. The van der Waals surface area contributed by atoms with E-state index in [1.165, 1.54) is 37.8 Å². The number of nitrogens with one attached hydrogen (secondary N) is 2. The Morgan fingerprint density at radius 1 is 1.32 bits per heavy atom. The lowest BCUT2D eigenvalue weighted by Crippen LogP contribution is -2.51. The molecule has 1 saturated heterocycles. The lowest BCUT2D eigenvalue weighted by atomic mass is 9.92. The van der Waals surface area contributed by atoms with Crippen LogP contribution >= 0.6 is 11.9 Å². The molecule has 2 nitrogen and oxygen atoms in total. The lowest BCUT2D eigenvalue weighted by Gasteiger charge is -2.33. The van der Waals surface area contributed by atoms with Crippen LogP contribution in [0.5, 0.6) is 0 Å². The summed E-state index contributed by atoms with van der Waals surface area (Å²) in [5.74, 6) is 0.861. The molecule has 0 radical (unpaired) electrons. The predicted octanol–water partition coefficient (Wildman–Crippen LogP) is 3.09. The van der Waals surface area contributed by atoms with Gasteiger partial charge < -0.3 is 5.32 Å². The average Bonchev–Trinajstić information content (AvgIpc) is 3.26. The first kappa shape index (κ1) is 13.5. The summed E-state index contributed by atoms with van der Waals surface area (Å²) in [6.07, 6.45) is 8.64. The first-order valence-electron chi connectivity index (χ1n) is 7.47. The summed E-state index contributed by atoms with van der Waals surface area (Å²) in [7, 11) is 0. The minimum Gasteiger partial charge on any atom is -0.312 e. The number of benzene rings is 1. The van der Waals surface area contributed by atoms with E-state index in [9.17, 15) is 0 Å². The van der Waals surface area contributed by atoms with E-state index in [-0.39, 0.29) is 0 Å². The Morgan fingerprint density at radius 2 is 2.21 bits per heavy atom. The topological polar surface area (TPSA) is 24.1 Å². The molecule has 1 aromatic rings. The third-order valence-corrected chi connectivity index (χ3v) is 4.85. The highest BCUT2D eigenvalue weighted by atomic mass is 32.2. The van der Waals surface area contributed by atoms with Gasteiger partial charge in [-0.15, -0.1) is 0 Å². The second-order valence-electron chi connectivity index (χ2n) is 5.85. The molecule has 1 aliphatic carbocycles. The Bertz CT molecular complexity index is 415. The Kier molecular flexibility index (Phi) is 4.46. The summed E-state index contributed by atoms with van der Waals surface area (Å²) in [6.45, 7) is 1.17. The molecule has 19 heavy (non-hydrogen) atoms. The van der Waals surface area contributed by atoms with Gasteiger partial charge in [0.25, 0.3) is 0 Å². The second-order valence-corrected chi connectivity index (χ2v) is 6.50. The number of hydrogen-bond acceptors (Lipinski definition) is 3. The molecule has 1 saturated carbocycles. The van der Waals surface area contributed by atoms with Gasteiger partial charge in [-0.2, -0.15) is 0 Å². The van der Waals surface area contributed by atoms with Crippen molar-refractivity contribution < 1.29 is 0 Å². The van der Waals surface area contributed by atoms with E-state index in [0.29, 0.717) is 12.1 Å². The number of hydrogen-bond donors (Lipinski definition) is 2. The summed E-state index contributed by atoms with van der Waals surface area (Å²) in [5.41, 5.74) is 3.05. The monoisotopic (exact) mass is 276 g/mol. The maximum absolute atomic E-state index is 3.69. The Labute approximate surface area is 120 Å². The Hall–Kier alpha value is -0.510. The fourth-order valence-corrected chi connectivity index (χ4v) is 3.69. The molecule has 1 aromatic carbocycles. The zero-order chi connectivity index (χ0) is 13.1. The maximum Gasteiger partial charge on any atom is 0.0329 e. The second kappa shape index (κ2) is 6.29. The molecule has 0 amide bonds. The van der Waals surface area contributed by atoms with Gasteiger partial charge in [0.05, 0.1) is 0 Å². The SMILES string of the molecule is CSNC1CCCNC1Cc1cccc(C2CC2)c1. The van der Waals surface area contributed by atoms with Crippen molar-refractivity contribution in [2.75, 3.05) is 12.8 Å². The van der Waals surface area contributed by atoms with Gasteiger partial charge in [-0.05, 0) is 61.9 Å². The molecule has 3 heteroatoms. The Morgan fingerprint density at radius 3 is 3.00 bits per heavy atom. The fraction of sp³-hybridized carbons (Fsp3) is 0.625. The van der Waals surface area contributed by atoms with Crippen LogP contribution in [0.15, 0.2) is 24.3 Å². The highest BCUT2D eigenvalue weighted by Gasteiger charge is 2.26. The molecule has 0 spiro atoms. The first-order chi connectivity index (χ1) is 9.36. The van der Waals surface area contributed by atoms with Crippen LogP contribution in [0.4, 0.5) is 0 Å². The molecule has 2 fully saturated rings. The van der Waals surface area contributed by atoms with Crippen molar-refractivity contribution in [2.45, 2.75) is 50.1 Å². The summed E-state index contributed by atoms with van der Waals surface area (Å²) in [5, 5.41) is 3.69. The van der Waals surface area contributed by atoms with E-state index < -0.39 is 0 Å². The largest absolute Gasteiger partial charge is 0.312 e. The predicted molar refractivity (Wildman–Crippen MR) is 83.6 cm³/mol. The molecule has 1 heterocycles. The van der Waals surface area contributed by atoms with Crippen LogP contribution in [0, 0.1) is 0 Å². The van der Waals surface area contributed by atoms with Crippen LogP contribution in [0.2, 0.25) is 0 Å². The van der Waals surface area contributed by atoms with Crippen LogP contribution < -0.4 is 10.0 Å². The number of rotatable bonds is 5. The third kappa shape index (κ3) is 3.53. The van der Waals surface area contributed by atoms with Gasteiger partial charge in [0.15, 0.2) is 0 Å². The zero-order valence-electron chi connectivity index (χ0n) is 11.7. The van der Waals surface area contributed by atoms with Gasteiger partial charge in [-0.3, -0.25) is 4.72 Å². The van der Waals surface area contributed by atoms with E-state index in [4.69, 9.17) is 0 Å². The van der Waals surface area contributed by atoms with Crippen molar-refractivity contribution in [3.05, 3.63) is 35.4 Å². The molecule has 104 valence electrons. The average molecular weight is 276 g/mol. The summed E-state index contributed by atoms with van der Waals surface area (Å²) in [6, 6.07) is 10.4. The normalized spacial score (nSPS) is 27.4. The van der Waals surface area contributed by atoms with Gasteiger partial charge >= 0.3 is 0 Å².